The van der Waals surface area contributed by atoms with Crippen LogP contribution in [-0.4, -0.2) is 22.6 Å². The first-order chi connectivity index (χ1) is 7.16. The fourth-order valence-electron chi connectivity index (χ4n) is 1.63. The number of hydrogen-bond acceptors (Lipinski definition) is 4. The smallest absolute Gasteiger partial charge is 0.356 e. The van der Waals surface area contributed by atoms with Crippen molar-refractivity contribution < 1.29 is 9.53 Å². The molecule has 2 aromatic rings. The Hall–Kier alpha value is -2.04. The van der Waals surface area contributed by atoms with Crippen molar-refractivity contribution in [2.45, 2.75) is 0 Å². The van der Waals surface area contributed by atoms with Crippen LogP contribution >= 0.6 is 0 Å². The molecule has 0 bridgehead atoms. The van der Waals surface area contributed by atoms with E-state index in [1.165, 1.54) is 7.11 Å². The highest BCUT2D eigenvalue weighted by molar-refractivity contribution is 6.04. The van der Waals surface area contributed by atoms with Crippen LogP contribution in [0.3, 0.4) is 0 Å². The van der Waals surface area contributed by atoms with Crippen LogP contribution in [-0.2, 0) is 11.8 Å². The Labute approximate surface area is 86.5 Å². The molecule has 5 nitrogen and oxygen atoms in total. The van der Waals surface area contributed by atoms with Crippen LogP contribution in [0.2, 0.25) is 0 Å². The van der Waals surface area contributed by atoms with Gasteiger partial charge in [0.15, 0.2) is 5.69 Å². The summed E-state index contributed by atoms with van der Waals surface area (Å²) in [5.74, 6) is -0.451. The molecule has 0 saturated heterocycles. The van der Waals surface area contributed by atoms with Crippen molar-refractivity contribution in [3.63, 3.8) is 0 Å². The maximum atomic E-state index is 11.5. The maximum Gasteiger partial charge on any atom is 0.356 e. The second-order valence-electron chi connectivity index (χ2n) is 3.19. The molecule has 0 aliphatic rings. The quantitative estimate of drug-likeness (QED) is 0.703. The molecule has 0 aromatic carbocycles. The minimum Gasteiger partial charge on any atom is -0.464 e. The molecule has 15 heavy (non-hydrogen) atoms. The number of ether oxygens (including phenoxy) is 1. The molecule has 5 heteroatoms. The van der Waals surface area contributed by atoms with Crippen molar-refractivity contribution in [3.05, 3.63) is 24.0 Å². The molecule has 0 saturated carbocycles. The van der Waals surface area contributed by atoms with Gasteiger partial charge in [-0.25, -0.2) is 9.78 Å². The third kappa shape index (κ3) is 1.24. The summed E-state index contributed by atoms with van der Waals surface area (Å²) in [5, 5.41) is 0.764. The average Bonchev–Trinajstić information content (AvgIpc) is 2.52. The van der Waals surface area contributed by atoms with E-state index in [0.717, 1.165) is 5.39 Å². The number of nitrogens with two attached hydrogens (primary N) is 1. The first-order valence-corrected chi connectivity index (χ1v) is 4.44. The molecule has 78 valence electrons. The van der Waals surface area contributed by atoms with Crippen LogP contribution in [0.1, 0.15) is 10.5 Å². The van der Waals surface area contributed by atoms with Crippen molar-refractivity contribution >= 4 is 22.7 Å². The lowest BCUT2D eigenvalue weighted by Gasteiger charge is -2.01. The lowest BCUT2D eigenvalue weighted by Crippen LogP contribution is -2.09. The zero-order valence-corrected chi connectivity index (χ0v) is 8.52. The van der Waals surface area contributed by atoms with Gasteiger partial charge in [-0.1, -0.05) is 0 Å². The summed E-state index contributed by atoms with van der Waals surface area (Å²) in [5.41, 5.74) is 7.28. The third-order valence-electron chi connectivity index (χ3n) is 2.36. The Morgan fingerprint density at radius 3 is 2.93 bits per heavy atom. The second kappa shape index (κ2) is 3.27. The zero-order chi connectivity index (χ0) is 11.0. The van der Waals surface area contributed by atoms with E-state index in [-0.39, 0.29) is 0 Å². The number of methoxy groups -OCH3 is 1. The number of carbonyl (C=O) groups is 1. The first-order valence-electron chi connectivity index (χ1n) is 4.44. The average molecular weight is 205 g/mol. The standard InChI is InChI=1S/C10H11N3O2/c1-13-8(10(14)15-2)7(11)6-4-3-5-12-9(6)13/h3-5H,11H2,1-2H3. The number of pyridine rings is 1. The SMILES string of the molecule is COC(=O)c1c(N)c2cccnc2n1C. The summed E-state index contributed by atoms with van der Waals surface area (Å²) < 4.78 is 6.30. The van der Waals surface area contributed by atoms with E-state index in [1.807, 2.05) is 6.07 Å². The topological polar surface area (TPSA) is 70.1 Å². The first kappa shape index (κ1) is 9.51. The number of esters is 1. The lowest BCUT2D eigenvalue weighted by atomic mass is 10.3. The highest BCUT2D eigenvalue weighted by atomic mass is 16.5. The maximum absolute atomic E-state index is 11.5. The van der Waals surface area contributed by atoms with Crippen molar-refractivity contribution in [1.82, 2.24) is 9.55 Å². The summed E-state index contributed by atoms with van der Waals surface area (Å²) in [6.07, 6.45) is 1.66. The zero-order valence-electron chi connectivity index (χ0n) is 8.52. The van der Waals surface area contributed by atoms with Crippen LogP contribution in [0.5, 0.6) is 0 Å². The summed E-state index contributed by atoms with van der Waals surface area (Å²) in [6.45, 7) is 0. The van der Waals surface area contributed by atoms with E-state index in [4.69, 9.17) is 5.73 Å². The van der Waals surface area contributed by atoms with E-state index < -0.39 is 5.97 Å². The van der Waals surface area contributed by atoms with Gasteiger partial charge in [0, 0.05) is 18.6 Å². The minimum atomic E-state index is -0.451. The monoisotopic (exact) mass is 205 g/mol. The molecule has 0 fully saturated rings. The van der Waals surface area contributed by atoms with Gasteiger partial charge in [-0.3, -0.25) is 0 Å². The van der Waals surface area contributed by atoms with Gasteiger partial charge < -0.3 is 15.0 Å². The van der Waals surface area contributed by atoms with Crippen LogP contribution in [0, 0.1) is 0 Å². The van der Waals surface area contributed by atoms with Gasteiger partial charge in [0.05, 0.1) is 12.8 Å². The second-order valence-corrected chi connectivity index (χ2v) is 3.19. The fraction of sp³-hybridized carbons (Fsp3) is 0.200. The summed E-state index contributed by atoms with van der Waals surface area (Å²) in [6, 6.07) is 3.60. The van der Waals surface area contributed by atoms with E-state index in [1.54, 1.807) is 23.9 Å². The van der Waals surface area contributed by atoms with E-state index in [2.05, 4.69) is 9.72 Å². The third-order valence-corrected chi connectivity index (χ3v) is 2.36. The van der Waals surface area contributed by atoms with Gasteiger partial charge in [0.1, 0.15) is 5.65 Å². The van der Waals surface area contributed by atoms with Gasteiger partial charge in [0.25, 0.3) is 0 Å². The molecule has 2 heterocycles. The van der Waals surface area contributed by atoms with Crippen LogP contribution in [0.25, 0.3) is 11.0 Å². The fourth-order valence-corrected chi connectivity index (χ4v) is 1.63. The van der Waals surface area contributed by atoms with Crippen molar-refractivity contribution in [2.24, 2.45) is 7.05 Å². The van der Waals surface area contributed by atoms with Crippen molar-refractivity contribution in [2.75, 3.05) is 12.8 Å². The van der Waals surface area contributed by atoms with Crippen LogP contribution in [0.4, 0.5) is 5.69 Å². The van der Waals surface area contributed by atoms with Gasteiger partial charge in [-0.05, 0) is 12.1 Å². The molecule has 0 aliphatic carbocycles. The number of carbonyl (C=O) groups excluding carboxylic acids is 1. The van der Waals surface area contributed by atoms with E-state index in [9.17, 15) is 4.79 Å². The number of nitrogens with zero attached hydrogens (tertiary/aromatic N) is 2. The van der Waals surface area contributed by atoms with E-state index >= 15 is 0 Å². The van der Waals surface area contributed by atoms with E-state index in [0.29, 0.717) is 17.0 Å². The molecule has 0 atom stereocenters. The Morgan fingerprint density at radius 1 is 1.60 bits per heavy atom. The molecule has 0 radical (unpaired) electrons. The van der Waals surface area contributed by atoms with Gasteiger partial charge >= 0.3 is 5.97 Å². The molecule has 2 rings (SSSR count). The number of aromatic nitrogens is 2. The summed E-state index contributed by atoms with van der Waals surface area (Å²) in [7, 11) is 3.06. The Bertz CT molecular complexity index is 492. The molecule has 2 aromatic heterocycles. The van der Waals surface area contributed by atoms with Crippen molar-refractivity contribution in [1.29, 1.82) is 0 Å². The lowest BCUT2D eigenvalue weighted by molar-refractivity contribution is 0.0591. The van der Waals surface area contributed by atoms with Gasteiger partial charge in [0.2, 0.25) is 0 Å². The minimum absolute atomic E-state index is 0.339. The molecule has 0 amide bonds. The number of rotatable bonds is 1. The van der Waals surface area contributed by atoms with Crippen LogP contribution in [0.15, 0.2) is 18.3 Å². The molecular weight excluding hydrogens is 194 g/mol. The highest BCUT2D eigenvalue weighted by Gasteiger charge is 2.19. The predicted molar refractivity (Wildman–Crippen MR) is 56.5 cm³/mol. The number of anilines is 1. The number of hydrogen-bond donors (Lipinski definition) is 1. The Kier molecular flexibility index (Phi) is 2.07. The Balaban J connectivity index is 2.81. The van der Waals surface area contributed by atoms with Crippen molar-refractivity contribution in [3.8, 4) is 0 Å². The van der Waals surface area contributed by atoms with Gasteiger partial charge in [-0.15, -0.1) is 0 Å². The number of fused-ring (bicyclic) bond motifs is 1. The highest BCUT2D eigenvalue weighted by Crippen LogP contribution is 2.26. The molecule has 0 spiro atoms. The molecule has 0 unspecified atom stereocenters. The molecular formula is C10H11N3O2. The van der Waals surface area contributed by atoms with Crippen LogP contribution < -0.4 is 5.73 Å². The summed E-state index contributed by atoms with van der Waals surface area (Å²) in [4.78, 5) is 15.6. The molecule has 2 N–H and O–H groups in total. The van der Waals surface area contributed by atoms with Gasteiger partial charge in [-0.2, -0.15) is 0 Å². The predicted octanol–water partition coefficient (Wildman–Crippen LogP) is 0.942. The largest absolute Gasteiger partial charge is 0.464 e. The molecule has 0 aliphatic heterocycles. The number of nitrogen functional groups attached to an aromatic ring is 1. The number of aryl methyl sites for hydroxylation is 1. The summed E-state index contributed by atoms with van der Waals surface area (Å²) >= 11 is 0. The Morgan fingerprint density at radius 2 is 2.33 bits per heavy atom. The normalized spacial score (nSPS) is 10.5.